The average molecular weight is 340 g/mol. The molecule has 0 aromatic heterocycles. The van der Waals surface area contributed by atoms with Gasteiger partial charge in [-0.25, -0.2) is 0 Å². The molecule has 3 heterocycles. The van der Waals surface area contributed by atoms with Crippen LogP contribution < -0.4 is 0 Å². The van der Waals surface area contributed by atoms with Crippen LogP contribution in [0.2, 0.25) is 0 Å². The molecule has 0 spiro atoms. The molecule has 1 aromatic carbocycles. The van der Waals surface area contributed by atoms with Gasteiger partial charge in [-0.1, -0.05) is 35.9 Å². The first-order chi connectivity index (χ1) is 8.28. The number of hydrogen-bond acceptors (Lipinski definition) is 0. The molecule has 3 aliphatic rings. The highest BCUT2D eigenvalue weighted by Gasteiger charge is 2.37. The third kappa shape index (κ3) is 2.41. The maximum absolute atomic E-state index is 2.71. The molecular weight excluding hydrogens is 320 g/mol. The second-order valence-electron chi connectivity index (χ2n) is 5.75. The Hall–Kier alpha value is -0.0251. The van der Waals surface area contributed by atoms with Crippen LogP contribution in [0.3, 0.4) is 0 Å². The van der Waals surface area contributed by atoms with Gasteiger partial charge in [-0.15, -0.1) is 6.32 Å². The normalized spacial score (nSPS) is 32.0. The summed E-state index contributed by atoms with van der Waals surface area (Å²) in [7, 11) is 0. The van der Waals surface area contributed by atoms with E-state index in [2.05, 4.69) is 52.7 Å². The van der Waals surface area contributed by atoms with Gasteiger partial charge in [-0.3, -0.25) is 0 Å². The smallest absolute Gasteiger partial charge is 0.204 e. The van der Waals surface area contributed by atoms with Crippen molar-refractivity contribution >= 4 is 27.1 Å². The summed E-state index contributed by atoms with van der Waals surface area (Å²) < 4.78 is 2.17. The number of nitrogens with zero attached hydrogens (tertiary/aromatic N) is 1. The minimum absolute atomic E-state index is 0.774. The molecule has 0 unspecified atom stereocenters. The van der Waals surface area contributed by atoms with Gasteiger partial charge in [0.2, 0.25) is 4.70 Å². The van der Waals surface area contributed by atoms with Crippen molar-refractivity contribution in [1.82, 2.24) is 0 Å². The van der Waals surface area contributed by atoms with Gasteiger partial charge < -0.3 is 26.8 Å². The number of fused-ring (bicyclic) bond motifs is 3. The van der Waals surface area contributed by atoms with Crippen LogP contribution in [0.1, 0.15) is 24.8 Å². The summed E-state index contributed by atoms with van der Waals surface area (Å²) in [6.07, 6.45) is 5.68. The molecule has 2 bridgehead atoms. The van der Waals surface area contributed by atoms with E-state index in [4.69, 9.17) is 0 Å². The van der Waals surface area contributed by atoms with Crippen molar-refractivity contribution in [2.24, 2.45) is 5.92 Å². The van der Waals surface area contributed by atoms with E-state index in [0.717, 1.165) is 10.6 Å². The minimum Gasteiger partial charge on any atom is -0.527 e. The third-order valence-electron chi connectivity index (χ3n) is 4.79. The SMILES string of the molecule is I[B-](Cc1ccccc1)[N+]12CCC(CC1)CC2. The zero-order valence-electron chi connectivity index (χ0n) is 10.3. The van der Waals surface area contributed by atoms with Gasteiger partial charge >= 0.3 is 0 Å². The lowest BCUT2D eigenvalue weighted by molar-refractivity contribution is -0.842. The molecule has 3 heteroatoms. The van der Waals surface area contributed by atoms with Gasteiger partial charge in [0.05, 0.1) is 0 Å². The molecule has 0 amide bonds. The first-order valence-corrected chi connectivity index (χ1v) is 8.07. The largest absolute Gasteiger partial charge is 0.527 e. The van der Waals surface area contributed by atoms with Crippen LogP contribution in [0.5, 0.6) is 0 Å². The Balaban J connectivity index is 1.71. The van der Waals surface area contributed by atoms with E-state index in [9.17, 15) is 0 Å². The van der Waals surface area contributed by atoms with Crippen molar-refractivity contribution in [3.63, 3.8) is 0 Å². The van der Waals surface area contributed by atoms with Crippen LogP contribution in [-0.2, 0) is 6.32 Å². The zero-order chi connectivity index (χ0) is 11.7. The quantitative estimate of drug-likeness (QED) is 0.585. The molecule has 4 rings (SSSR count). The van der Waals surface area contributed by atoms with Gasteiger partial charge in [-0.2, -0.15) is 0 Å². The van der Waals surface area contributed by atoms with Crippen molar-refractivity contribution in [2.45, 2.75) is 25.6 Å². The highest BCUT2D eigenvalue weighted by atomic mass is 127. The zero-order valence-corrected chi connectivity index (χ0v) is 12.5. The monoisotopic (exact) mass is 340 g/mol. The fourth-order valence-corrected chi connectivity index (χ4v) is 4.85. The lowest BCUT2D eigenvalue weighted by Gasteiger charge is -2.60. The first-order valence-electron chi connectivity index (χ1n) is 6.82. The van der Waals surface area contributed by atoms with Crippen molar-refractivity contribution < 1.29 is 4.39 Å². The van der Waals surface area contributed by atoms with E-state index in [-0.39, 0.29) is 0 Å². The van der Waals surface area contributed by atoms with Gasteiger partial charge in [0.25, 0.3) is 0 Å². The van der Waals surface area contributed by atoms with Crippen LogP contribution in [0.4, 0.5) is 0 Å². The molecule has 91 valence electrons. The van der Waals surface area contributed by atoms with Crippen LogP contribution in [-0.4, -0.2) is 28.7 Å². The Morgan fingerprint density at radius 3 is 2.24 bits per heavy atom. The average Bonchev–Trinajstić information content (AvgIpc) is 2.42. The molecule has 0 aliphatic carbocycles. The van der Waals surface area contributed by atoms with Crippen molar-refractivity contribution in [3.05, 3.63) is 35.9 Å². The standard InChI is InChI=1S/C14H20BIN/c16-15(12-14-4-2-1-3-5-14)17-9-6-13(7-10-17)8-11-17/h1-5,13H,6-12H2. The Morgan fingerprint density at radius 1 is 1.06 bits per heavy atom. The molecule has 3 aliphatic heterocycles. The number of benzene rings is 1. The molecule has 0 saturated carbocycles. The van der Waals surface area contributed by atoms with Crippen molar-refractivity contribution in [1.29, 1.82) is 0 Å². The van der Waals surface area contributed by atoms with Gasteiger partial charge in [-0.05, 0) is 25.2 Å². The van der Waals surface area contributed by atoms with Gasteiger partial charge in [0, 0.05) is 19.6 Å². The molecule has 1 aromatic rings. The van der Waals surface area contributed by atoms with Gasteiger partial charge in [0.1, 0.15) is 0 Å². The van der Waals surface area contributed by atoms with E-state index in [1.54, 1.807) is 0 Å². The van der Waals surface area contributed by atoms with Gasteiger partial charge in [0.15, 0.2) is 0 Å². The van der Waals surface area contributed by atoms with Crippen molar-refractivity contribution in [3.8, 4) is 0 Å². The molecule has 3 saturated heterocycles. The molecule has 0 atom stereocenters. The van der Waals surface area contributed by atoms with E-state index >= 15 is 0 Å². The fourth-order valence-electron chi connectivity index (χ4n) is 3.51. The van der Waals surface area contributed by atoms with Crippen LogP contribution in [0.25, 0.3) is 0 Å². The Kier molecular flexibility index (Phi) is 3.48. The summed E-state index contributed by atoms with van der Waals surface area (Å²) in [6, 6.07) is 11.0. The van der Waals surface area contributed by atoms with Crippen LogP contribution in [0, 0.1) is 5.92 Å². The number of halogens is 1. The van der Waals surface area contributed by atoms with E-state index in [1.165, 1.54) is 55.2 Å². The topological polar surface area (TPSA) is 0 Å². The molecule has 1 radical (unpaired) electrons. The number of piperidine rings is 3. The van der Waals surface area contributed by atoms with E-state index < -0.39 is 0 Å². The Labute approximate surface area is 118 Å². The number of hydrogen-bond donors (Lipinski definition) is 0. The predicted octanol–water partition coefficient (Wildman–Crippen LogP) is 3.32. The first kappa shape index (κ1) is 12.0. The second kappa shape index (κ2) is 4.92. The summed E-state index contributed by atoms with van der Waals surface area (Å²) >= 11 is 2.71. The molecular formula is C14H20BIN. The van der Waals surface area contributed by atoms with E-state index in [0.29, 0.717) is 0 Å². The maximum atomic E-state index is 2.71. The lowest BCUT2D eigenvalue weighted by Crippen LogP contribution is -2.64. The van der Waals surface area contributed by atoms with Crippen molar-refractivity contribution in [2.75, 3.05) is 19.6 Å². The summed E-state index contributed by atoms with van der Waals surface area (Å²) in [5.41, 5.74) is 1.51. The summed E-state index contributed by atoms with van der Waals surface area (Å²) in [5, 5.41) is 0. The molecule has 1 nitrogen and oxygen atoms in total. The maximum Gasteiger partial charge on any atom is 0.204 e. The second-order valence-corrected chi connectivity index (χ2v) is 7.18. The fraction of sp³-hybridized carbons (Fsp3) is 0.571. The summed E-state index contributed by atoms with van der Waals surface area (Å²) in [5.74, 6) is 1.07. The summed E-state index contributed by atoms with van der Waals surface area (Å²) in [4.78, 5) is 0. The lowest BCUT2D eigenvalue weighted by atomic mass is 9.71. The van der Waals surface area contributed by atoms with Crippen LogP contribution in [0.15, 0.2) is 30.3 Å². The molecule has 17 heavy (non-hydrogen) atoms. The highest BCUT2D eigenvalue weighted by molar-refractivity contribution is 14.1. The Bertz CT molecular complexity index is 359. The van der Waals surface area contributed by atoms with E-state index in [1.807, 2.05) is 0 Å². The Morgan fingerprint density at radius 2 is 1.65 bits per heavy atom. The predicted molar refractivity (Wildman–Crippen MR) is 82.1 cm³/mol. The number of rotatable bonds is 3. The third-order valence-corrected chi connectivity index (χ3v) is 6.41. The van der Waals surface area contributed by atoms with Crippen LogP contribution >= 0.6 is 22.4 Å². The molecule has 0 N–H and O–H groups in total. The minimum atomic E-state index is 0.774. The molecule has 3 fully saturated rings. The summed E-state index contributed by atoms with van der Waals surface area (Å²) in [6.45, 7) is 4.31. The highest BCUT2D eigenvalue weighted by Crippen LogP contribution is 2.36. The number of quaternary nitrogens is 1.